The third-order valence-electron chi connectivity index (χ3n) is 4.86. The van der Waals surface area contributed by atoms with E-state index in [9.17, 15) is 18.3 Å². The fraction of sp³-hybridized carbons (Fsp3) is 0.316. The van der Waals surface area contributed by atoms with Crippen LogP contribution in [0, 0.1) is 0 Å². The number of hydrogen-bond donors (Lipinski definition) is 1. The number of carboxylic acids is 1. The number of carboxylic acid groups (broad SMARTS) is 1. The molecule has 0 radical (unpaired) electrons. The first kappa shape index (κ1) is 16.9. The lowest BCUT2D eigenvalue weighted by molar-refractivity contribution is -0.137. The normalized spacial score (nSPS) is 18.8. The highest BCUT2D eigenvalue weighted by Crippen LogP contribution is 2.41. The van der Waals surface area contributed by atoms with Crippen LogP contribution in [0.15, 0.2) is 47.4 Å². The number of sulfonamides is 1. The smallest absolute Gasteiger partial charge is 0.305 e. The minimum Gasteiger partial charge on any atom is -0.492 e. The van der Waals surface area contributed by atoms with Gasteiger partial charge in [-0.2, -0.15) is 0 Å². The Balaban J connectivity index is 1.85. The summed E-state index contributed by atoms with van der Waals surface area (Å²) in [4.78, 5) is 11.4. The summed E-state index contributed by atoms with van der Waals surface area (Å²) in [5.41, 5.74) is 2.26. The summed E-state index contributed by atoms with van der Waals surface area (Å²) in [6.07, 6.45) is 1.76. The van der Waals surface area contributed by atoms with Gasteiger partial charge in [-0.1, -0.05) is 30.3 Å². The van der Waals surface area contributed by atoms with Crippen LogP contribution in [0.25, 0.3) is 0 Å². The number of ether oxygens (including phenoxy) is 1. The molecule has 2 aromatic carbocycles. The van der Waals surface area contributed by atoms with Crippen molar-refractivity contribution in [1.29, 1.82) is 0 Å². The molecule has 0 saturated heterocycles. The summed E-state index contributed by atoms with van der Waals surface area (Å²) in [5.74, 6) is -0.619. The zero-order valence-corrected chi connectivity index (χ0v) is 14.9. The van der Waals surface area contributed by atoms with E-state index >= 15 is 0 Å². The Kier molecular flexibility index (Phi) is 4.11. The molecule has 0 bridgehead atoms. The molecular formula is C19H19NO5S. The zero-order valence-electron chi connectivity index (χ0n) is 14.1. The van der Waals surface area contributed by atoms with E-state index in [-0.39, 0.29) is 11.3 Å². The topological polar surface area (TPSA) is 83.9 Å². The first-order valence-corrected chi connectivity index (χ1v) is 10.0. The van der Waals surface area contributed by atoms with Gasteiger partial charge in [0.1, 0.15) is 10.6 Å². The molecule has 1 N–H and O–H groups in total. The van der Waals surface area contributed by atoms with E-state index in [0.29, 0.717) is 24.5 Å². The highest BCUT2D eigenvalue weighted by Gasteiger charge is 2.41. The van der Waals surface area contributed by atoms with Gasteiger partial charge in [-0.3, -0.25) is 9.10 Å². The molecule has 0 aliphatic carbocycles. The number of anilines is 1. The summed E-state index contributed by atoms with van der Waals surface area (Å²) >= 11 is 0. The highest BCUT2D eigenvalue weighted by molar-refractivity contribution is 7.93. The average molecular weight is 373 g/mol. The van der Waals surface area contributed by atoms with Crippen molar-refractivity contribution in [3.8, 4) is 5.75 Å². The number of rotatable bonds is 4. The van der Waals surface area contributed by atoms with Crippen LogP contribution in [0.5, 0.6) is 5.75 Å². The number of para-hydroxylation sites is 2. The van der Waals surface area contributed by atoms with Gasteiger partial charge in [0.15, 0.2) is 0 Å². The molecule has 0 unspecified atom stereocenters. The predicted octanol–water partition coefficient (Wildman–Crippen LogP) is 2.61. The second-order valence-electron chi connectivity index (χ2n) is 6.58. The highest BCUT2D eigenvalue weighted by atomic mass is 32.2. The SMILES string of the molecule is O=C(O)C[C@@H]1Cc2ccccc2N1S(=O)(=O)c1cccc2c1OCCC2. The lowest BCUT2D eigenvalue weighted by Gasteiger charge is -2.28. The molecule has 7 heteroatoms. The maximum Gasteiger partial charge on any atom is 0.305 e. The third kappa shape index (κ3) is 2.72. The van der Waals surface area contributed by atoms with Crippen molar-refractivity contribution in [2.24, 2.45) is 0 Å². The lowest BCUT2D eigenvalue weighted by atomic mass is 10.1. The van der Waals surface area contributed by atoms with E-state index in [0.717, 1.165) is 24.0 Å². The molecule has 26 heavy (non-hydrogen) atoms. The Morgan fingerprint density at radius 2 is 1.92 bits per heavy atom. The molecule has 6 nitrogen and oxygen atoms in total. The fourth-order valence-corrected chi connectivity index (χ4v) is 5.65. The van der Waals surface area contributed by atoms with Gasteiger partial charge in [-0.25, -0.2) is 8.42 Å². The molecule has 0 saturated carbocycles. The number of hydrogen-bond acceptors (Lipinski definition) is 4. The Labute approximate surface area is 152 Å². The van der Waals surface area contributed by atoms with Crippen LogP contribution in [0.1, 0.15) is 24.0 Å². The first-order valence-electron chi connectivity index (χ1n) is 8.57. The molecule has 0 fully saturated rings. The lowest BCUT2D eigenvalue weighted by Crippen LogP contribution is -2.39. The standard InChI is InChI=1S/C19H19NO5S/c21-18(22)12-15-11-14-5-1-2-8-16(14)20(15)26(23,24)17-9-3-6-13-7-4-10-25-19(13)17/h1-3,5-6,8-9,15H,4,7,10-12H2,(H,21,22)/t15-/m0/s1. The summed E-state index contributed by atoms with van der Waals surface area (Å²) in [5, 5.41) is 9.25. The van der Waals surface area contributed by atoms with Crippen molar-refractivity contribution in [3.63, 3.8) is 0 Å². The Bertz CT molecular complexity index is 970. The Morgan fingerprint density at radius 3 is 2.73 bits per heavy atom. The molecule has 0 amide bonds. The van der Waals surface area contributed by atoms with Gasteiger partial charge in [-0.15, -0.1) is 0 Å². The number of aliphatic carboxylic acids is 1. The monoisotopic (exact) mass is 373 g/mol. The van der Waals surface area contributed by atoms with Crippen LogP contribution in [0.2, 0.25) is 0 Å². The number of benzene rings is 2. The molecule has 0 aromatic heterocycles. The van der Waals surface area contributed by atoms with Crippen LogP contribution < -0.4 is 9.04 Å². The molecule has 2 aromatic rings. The molecule has 2 aliphatic heterocycles. The van der Waals surface area contributed by atoms with Gasteiger partial charge in [-0.05, 0) is 42.5 Å². The van der Waals surface area contributed by atoms with Crippen LogP contribution in [0.4, 0.5) is 5.69 Å². The van der Waals surface area contributed by atoms with Gasteiger partial charge in [0.2, 0.25) is 0 Å². The van der Waals surface area contributed by atoms with Gasteiger partial charge in [0.05, 0.1) is 24.8 Å². The van der Waals surface area contributed by atoms with E-state index in [1.165, 1.54) is 10.4 Å². The molecule has 0 spiro atoms. The van der Waals surface area contributed by atoms with Crippen LogP contribution in [-0.2, 0) is 27.7 Å². The Hall–Kier alpha value is -2.54. The number of aryl methyl sites for hydroxylation is 1. The summed E-state index contributed by atoms with van der Waals surface area (Å²) < 4.78 is 34.0. The average Bonchev–Trinajstić information content (AvgIpc) is 2.99. The van der Waals surface area contributed by atoms with Crippen molar-refractivity contribution in [1.82, 2.24) is 0 Å². The molecule has 136 valence electrons. The summed E-state index contributed by atoms with van der Waals surface area (Å²) in [7, 11) is -3.94. The second-order valence-corrected chi connectivity index (χ2v) is 8.37. The zero-order chi connectivity index (χ0) is 18.3. The fourth-order valence-electron chi connectivity index (χ4n) is 3.78. The number of nitrogens with zero attached hydrogens (tertiary/aromatic N) is 1. The third-order valence-corrected chi connectivity index (χ3v) is 6.75. The number of carbonyl (C=O) groups is 1. The minimum atomic E-state index is -3.94. The minimum absolute atomic E-state index is 0.113. The van der Waals surface area contributed by atoms with Crippen molar-refractivity contribution < 1.29 is 23.1 Å². The van der Waals surface area contributed by atoms with Crippen molar-refractivity contribution in [2.45, 2.75) is 36.6 Å². The number of fused-ring (bicyclic) bond motifs is 2. The van der Waals surface area contributed by atoms with E-state index in [1.54, 1.807) is 18.2 Å². The molecular weight excluding hydrogens is 354 g/mol. The van der Waals surface area contributed by atoms with E-state index in [2.05, 4.69) is 0 Å². The van der Waals surface area contributed by atoms with E-state index < -0.39 is 22.0 Å². The summed E-state index contributed by atoms with van der Waals surface area (Å²) in [6.45, 7) is 0.481. The summed E-state index contributed by atoms with van der Waals surface area (Å²) in [6, 6.07) is 11.7. The van der Waals surface area contributed by atoms with Crippen LogP contribution >= 0.6 is 0 Å². The van der Waals surface area contributed by atoms with Gasteiger partial charge < -0.3 is 9.84 Å². The van der Waals surface area contributed by atoms with E-state index in [4.69, 9.17) is 4.74 Å². The van der Waals surface area contributed by atoms with Crippen LogP contribution in [0.3, 0.4) is 0 Å². The second kappa shape index (κ2) is 6.32. The van der Waals surface area contributed by atoms with Crippen molar-refractivity contribution in [3.05, 3.63) is 53.6 Å². The first-order chi connectivity index (χ1) is 12.5. The Morgan fingerprint density at radius 1 is 1.15 bits per heavy atom. The van der Waals surface area contributed by atoms with E-state index in [1.807, 2.05) is 18.2 Å². The predicted molar refractivity (Wildman–Crippen MR) is 96.1 cm³/mol. The molecule has 4 rings (SSSR count). The van der Waals surface area contributed by atoms with Gasteiger partial charge in [0.25, 0.3) is 10.0 Å². The van der Waals surface area contributed by atoms with Crippen molar-refractivity contribution >= 4 is 21.7 Å². The van der Waals surface area contributed by atoms with Gasteiger partial charge in [0, 0.05) is 0 Å². The van der Waals surface area contributed by atoms with Crippen LogP contribution in [-0.4, -0.2) is 32.1 Å². The van der Waals surface area contributed by atoms with Gasteiger partial charge >= 0.3 is 5.97 Å². The molecule has 2 heterocycles. The quantitative estimate of drug-likeness (QED) is 0.891. The largest absolute Gasteiger partial charge is 0.492 e. The van der Waals surface area contributed by atoms with Crippen molar-refractivity contribution in [2.75, 3.05) is 10.9 Å². The maximum absolute atomic E-state index is 13.5. The maximum atomic E-state index is 13.5. The molecule has 2 aliphatic rings. The molecule has 1 atom stereocenters.